The summed E-state index contributed by atoms with van der Waals surface area (Å²) < 4.78 is 12.3. The van der Waals surface area contributed by atoms with Crippen molar-refractivity contribution in [2.45, 2.75) is 71.6 Å². The molecule has 1 fully saturated rings. The van der Waals surface area contributed by atoms with Gasteiger partial charge in [-0.1, -0.05) is 38.2 Å². The Morgan fingerprint density at radius 1 is 1.23 bits per heavy atom. The first kappa shape index (κ1) is 19.2. The van der Waals surface area contributed by atoms with Gasteiger partial charge in [0.1, 0.15) is 0 Å². The van der Waals surface area contributed by atoms with Gasteiger partial charge in [0, 0.05) is 6.04 Å². The van der Waals surface area contributed by atoms with Crippen molar-refractivity contribution >= 4 is 7.12 Å². The van der Waals surface area contributed by atoms with Crippen LogP contribution in [0, 0.1) is 0 Å². The Labute approximate surface area is 137 Å². The second kappa shape index (κ2) is 7.63. The molecule has 0 saturated carbocycles. The van der Waals surface area contributed by atoms with Crippen molar-refractivity contribution in [1.29, 1.82) is 0 Å². The Hall–Kier alpha value is -0.835. The van der Waals surface area contributed by atoms with E-state index in [1.54, 1.807) is 0 Å². The standard InChI is InChI=1S/C18H32BNO2/c1-9-12-16(20-8)14(10-2)13-15(11-3)19-21-17(4,5)18(6,7)22-19/h10-11,13,16,20H,2,9,12H2,1,3-8H3/b14-13+,15-11+. The highest BCUT2D eigenvalue weighted by Crippen LogP contribution is 2.39. The maximum Gasteiger partial charge on any atom is 0.494 e. The predicted octanol–water partition coefficient (Wildman–Crippen LogP) is 4.06. The van der Waals surface area contributed by atoms with Gasteiger partial charge >= 0.3 is 7.12 Å². The van der Waals surface area contributed by atoms with Crippen LogP contribution in [0.1, 0.15) is 54.4 Å². The summed E-state index contributed by atoms with van der Waals surface area (Å²) in [5, 5.41) is 3.36. The van der Waals surface area contributed by atoms with Crippen LogP contribution in [0.5, 0.6) is 0 Å². The minimum absolute atomic E-state index is 0.305. The molecule has 0 aliphatic carbocycles. The number of rotatable bonds is 7. The molecule has 1 aliphatic rings. The Balaban J connectivity index is 3.02. The molecule has 1 N–H and O–H groups in total. The smallest absolute Gasteiger partial charge is 0.399 e. The van der Waals surface area contributed by atoms with Gasteiger partial charge in [-0.25, -0.2) is 0 Å². The molecule has 0 bridgehead atoms. The van der Waals surface area contributed by atoms with E-state index >= 15 is 0 Å². The summed E-state index contributed by atoms with van der Waals surface area (Å²) >= 11 is 0. The van der Waals surface area contributed by atoms with Gasteiger partial charge in [0.05, 0.1) is 11.2 Å². The molecule has 22 heavy (non-hydrogen) atoms. The van der Waals surface area contributed by atoms with Crippen molar-refractivity contribution in [3.8, 4) is 0 Å². The molecule has 0 aromatic rings. The van der Waals surface area contributed by atoms with Crippen LogP contribution in [-0.2, 0) is 9.31 Å². The SMILES string of the molecule is C=C/C(=C\C(=C/C)B1OC(C)(C)C(C)(C)O1)C(CCC)NC. The molecule has 0 radical (unpaired) electrons. The Kier molecular flexibility index (Phi) is 6.66. The first-order valence-electron chi connectivity index (χ1n) is 8.25. The van der Waals surface area contributed by atoms with E-state index in [0.29, 0.717) is 6.04 Å². The average molecular weight is 305 g/mol. The first-order chi connectivity index (χ1) is 10.2. The summed E-state index contributed by atoms with van der Waals surface area (Å²) in [6.45, 7) is 16.5. The Morgan fingerprint density at radius 2 is 1.77 bits per heavy atom. The fourth-order valence-corrected chi connectivity index (χ4v) is 2.53. The van der Waals surface area contributed by atoms with E-state index in [1.165, 1.54) is 5.57 Å². The summed E-state index contributed by atoms with van der Waals surface area (Å²) in [6.07, 6.45) is 8.33. The fourth-order valence-electron chi connectivity index (χ4n) is 2.53. The van der Waals surface area contributed by atoms with Crippen LogP contribution in [0.4, 0.5) is 0 Å². The van der Waals surface area contributed by atoms with Crippen LogP contribution in [-0.4, -0.2) is 31.4 Å². The van der Waals surface area contributed by atoms with E-state index in [-0.39, 0.29) is 18.3 Å². The lowest BCUT2D eigenvalue weighted by atomic mass is 9.76. The number of likely N-dealkylation sites (N-methyl/N-ethyl adjacent to an activating group) is 1. The Morgan fingerprint density at radius 3 is 2.14 bits per heavy atom. The van der Waals surface area contributed by atoms with E-state index in [1.807, 2.05) is 20.0 Å². The van der Waals surface area contributed by atoms with Crippen LogP contribution in [0.15, 0.2) is 35.9 Å². The molecule has 1 heterocycles. The van der Waals surface area contributed by atoms with Gasteiger partial charge in [-0.3, -0.25) is 0 Å². The van der Waals surface area contributed by atoms with Crippen LogP contribution >= 0.6 is 0 Å². The molecule has 1 rings (SSSR count). The zero-order chi connectivity index (χ0) is 17.0. The fraction of sp³-hybridized carbons (Fsp3) is 0.667. The van der Waals surface area contributed by atoms with E-state index in [0.717, 1.165) is 18.3 Å². The second-order valence-corrected chi connectivity index (χ2v) is 6.86. The summed E-state index contributed by atoms with van der Waals surface area (Å²) in [4.78, 5) is 0. The van der Waals surface area contributed by atoms with Gasteiger partial charge in [0.2, 0.25) is 0 Å². The monoisotopic (exact) mass is 305 g/mol. The second-order valence-electron chi connectivity index (χ2n) is 6.86. The molecule has 1 saturated heterocycles. The van der Waals surface area contributed by atoms with Gasteiger partial charge in [-0.15, -0.1) is 0 Å². The van der Waals surface area contributed by atoms with E-state index in [9.17, 15) is 0 Å². The molecule has 3 nitrogen and oxygen atoms in total. The van der Waals surface area contributed by atoms with Gasteiger partial charge in [-0.05, 0) is 59.1 Å². The number of allylic oxidation sites excluding steroid dienone is 3. The minimum Gasteiger partial charge on any atom is -0.399 e. The molecule has 124 valence electrons. The summed E-state index contributed by atoms with van der Waals surface area (Å²) in [7, 11) is 1.66. The molecule has 0 aromatic heterocycles. The van der Waals surface area contributed by atoms with Gasteiger partial charge in [0.15, 0.2) is 0 Å². The molecule has 4 heteroatoms. The number of nitrogens with one attached hydrogen (secondary N) is 1. The molecule has 1 atom stereocenters. The van der Waals surface area contributed by atoms with Crippen LogP contribution in [0.3, 0.4) is 0 Å². The van der Waals surface area contributed by atoms with Crippen molar-refractivity contribution in [3.63, 3.8) is 0 Å². The normalized spacial score (nSPS) is 22.8. The van der Waals surface area contributed by atoms with Crippen molar-refractivity contribution < 1.29 is 9.31 Å². The minimum atomic E-state index is -0.330. The highest BCUT2D eigenvalue weighted by molar-refractivity contribution is 6.55. The zero-order valence-electron chi connectivity index (χ0n) is 15.3. The predicted molar refractivity (Wildman–Crippen MR) is 95.9 cm³/mol. The lowest BCUT2D eigenvalue weighted by molar-refractivity contribution is 0.00578. The van der Waals surface area contributed by atoms with Crippen molar-refractivity contribution in [3.05, 3.63) is 35.9 Å². The highest BCUT2D eigenvalue weighted by atomic mass is 16.7. The Bertz CT molecular complexity index is 436. The van der Waals surface area contributed by atoms with E-state index in [2.05, 4.69) is 58.7 Å². The maximum absolute atomic E-state index is 6.15. The molecule has 1 aliphatic heterocycles. The van der Waals surface area contributed by atoms with Crippen LogP contribution in [0.25, 0.3) is 0 Å². The number of hydrogen-bond acceptors (Lipinski definition) is 3. The molecule has 0 spiro atoms. The third-order valence-electron chi connectivity index (χ3n) is 4.76. The highest BCUT2D eigenvalue weighted by Gasteiger charge is 2.51. The van der Waals surface area contributed by atoms with Gasteiger partial charge < -0.3 is 14.6 Å². The lowest BCUT2D eigenvalue weighted by Crippen LogP contribution is -2.41. The number of hydrogen-bond donors (Lipinski definition) is 1. The van der Waals surface area contributed by atoms with Crippen molar-refractivity contribution in [1.82, 2.24) is 5.32 Å². The summed E-state index contributed by atoms with van der Waals surface area (Å²) in [6, 6.07) is 0.305. The van der Waals surface area contributed by atoms with Gasteiger partial charge in [0.25, 0.3) is 0 Å². The molecule has 0 amide bonds. The van der Waals surface area contributed by atoms with Crippen molar-refractivity contribution in [2.75, 3.05) is 7.05 Å². The first-order valence-corrected chi connectivity index (χ1v) is 8.25. The zero-order valence-corrected chi connectivity index (χ0v) is 15.3. The molecular weight excluding hydrogens is 273 g/mol. The third-order valence-corrected chi connectivity index (χ3v) is 4.76. The van der Waals surface area contributed by atoms with Crippen molar-refractivity contribution in [2.24, 2.45) is 0 Å². The quantitative estimate of drug-likeness (QED) is 0.568. The topological polar surface area (TPSA) is 30.5 Å². The largest absolute Gasteiger partial charge is 0.494 e. The van der Waals surface area contributed by atoms with Crippen LogP contribution < -0.4 is 5.32 Å². The maximum atomic E-state index is 6.15. The van der Waals surface area contributed by atoms with Crippen LogP contribution in [0.2, 0.25) is 0 Å². The van der Waals surface area contributed by atoms with E-state index < -0.39 is 0 Å². The van der Waals surface area contributed by atoms with Gasteiger partial charge in [-0.2, -0.15) is 0 Å². The van der Waals surface area contributed by atoms with E-state index in [4.69, 9.17) is 9.31 Å². The summed E-state index contributed by atoms with van der Waals surface area (Å²) in [5.41, 5.74) is 1.58. The summed E-state index contributed by atoms with van der Waals surface area (Å²) in [5.74, 6) is 0. The average Bonchev–Trinajstić information content (AvgIpc) is 2.66. The molecule has 0 aromatic carbocycles. The third kappa shape index (κ3) is 4.12. The molecular formula is C18H32BNO2. The molecule has 1 unspecified atom stereocenters. The lowest BCUT2D eigenvalue weighted by Gasteiger charge is -2.32.